The molecule has 0 saturated carbocycles. The molecule has 0 N–H and O–H groups in total. The molecule has 0 aliphatic rings. The van der Waals surface area contributed by atoms with E-state index in [9.17, 15) is 0 Å². The molecule has 0 aromatic heterocycles. The Morgan fingerprint density at radius 2 is 1.62 bits per heavy atom. The molecule has 4 heteroatoms. The number of benzene rings is 1. The molecule has 1 aromatic rings. The van der Waals surface area contributed by atoms with Gasteiger partial charge in [0.2, 0.25) is 0 Å². The van der Waals surface area contributed by atoms with E-state index in [4.69, 9.17) is 16.3 Å². The molecule has 0 heterocycles. The molecule has 1 aromatic carbocycles. The molecule has 0 bridgehead atoms. The van der Waals surface area contributed by atoms with Gasteiger partial charge in [-0.25, -0.2) is 0 Å². The first kappa shape index (κ1) is 21.4. The van der Waals surface area contributed by atoms with Gasteiger partial charge >= 0.3 is 0 Å². The van der Waals surface area contributed by atoms with Crippen molar-refractivity contribution in [1.29, 1.82) is 0 Å². The maximum Gasteiger partial charge on any atom is 0.123 e. The third-order valence-corrected chi connectivity index (χ3v) is 10.3. The summed E-state index contributed by atoms with van der Waals surface area (Å²) in [6, 6.07) is 8.46. The molecule has 1 nitrogen and oxygen atoms in total. The van der Waals surface area contributed by atoms with Crippen molar-refractivity contribution in [3.63, 3.8) is 0 Å². The summed E-state index contributed by atoms with van der Waals surface area (Å²) >= 11 is 6.44. The minimum absolute atomic E-state index is 0. The zero-order valence-electron chi connectivity index (χ0n) is 14.1. The molecule has 0 aliphatic carbocycles. The van der Waals surface area contributed by atoms with Gasteiger partial charge in [-0.2, -0.15) is 0 Å². The average molecular weight is 421 g/mol. The molecule has 0 unspecified atom stereocenters. The van der Waals surface area contributed by atoms with Crippen molar-refractivity contribution in [2.45, 2.75) is 58.8 Å². The first-order chi connectivity index (χ1) is 9.10. The van der Waals surface area contributed by atoms with Gasteiger partial charge in [-0.05, 0) is 60.6 Å². The maximum atomic E-state index is 6.44. The van der Waals surface area contributed by atoms with Crippen LogP contribution < -0.4 is 10.0 Å². The molecule has 1 rings (SSSR count). The van der Waals surface area contributed by atoms with E-state index in [1.54, 1.807) is 0 Å². The molecule has 0 amide bonds. The van der Waals surface area contributed by atoms with Gasteiger partial charge < -0.3 is 16.3 Å². The van der Waals surface area contributed by atoms with Crippen LogP contribution in [0.4, 0.5) is 0 Å². The number of hydrogen-bond donors (Lipinski definition) is 0. The Hall–Kier alpha value is 0.402. The molecule has 0 fully saturated rings. The molecule has 0 saturated heterocycles. The minimum Gasteiger partial charge on any atom is -0.494 e. The van der Waals surface area contributed by atoms with Crippen molar-refractivity contribution in [1.82, 2.24) is 0 Å². The Balaban J connectivity index is 0.00000400. The van der Waals surface area contributed by atoms with Gasteiger partial charge in [0, 0.05) is 26.5 Å². The van der Waals surface area contributed by atoms with Gasteiger partial charge in [-0.3, -0.25) is 0 Å². The zero-order valence-corrected chi connectivity index (χ0v) is 17.3. The normalized spacial score (nSPS) is 12.8. The van der Waals surface area contributed by atoms with E-state index < -0.39 is 7.26 Å². The molecule has 0 aliphatic heterocycles. The molecule has 0 spiro atoms. The molecule has 0 radical (unpaired) electrons. The van der Waals surface area contributed by atoms with E-state index in [0.29, 0.717) is 6.61 Å². The van der Waals surface area contributed by atoms with E-state index in [0.717, 1.165) is 5.75 Å². The zero-order chi connectivity index (χ0) is 15.6. The summed E-state index contributed by atoms with van der Waals surface area (Å²) in [7, 11) is -1.69. The summed E-state index contributed by atoms with van der Waals surface area (Å²) in [5.41, 5.74) is 1.96. The molecular formula is C17H28ClOPPd. The molecular weight excluding hydrogens is 393 g/mol. The predicted molar refractivity (Wildman–Crippen MR) is 93.8 cm³/mol. The van der Waals surface area contributed by atoms with Gasteiger partial charge in [0.1, 0.15) is 5.75 Å². The number of rotatable bonds is 4. The summed E-state index contributed by atoms with van der Waals surface area (Å²) in [5, 5.41) is 1.54. The number of hydrogen-bond acceptors (Lipinski definition) is 1. The fourth-order valence-electron chi connectivity index (χ4n) is 3.09. The molecule has 124 valence electrons. The van der Waals surface area contributed by atoms with E-state index in [1.807, 2.05) is 18.6 Å². The van der Waals surface area contributed by atoms with Crippen molar-refractivity contribution in [2.24, 2.45) is 0 Å². The Labute approximate surface area is 150 Å². The van der Waals surface area contributed by atoms with Crippen LogP contribution in [0, 0.1) is 5.62 Å². The smallest absolute Gasteiger partial charge is 0.123 e. The van der Waals surface area contributed by atoms with Crippen LogP contribution in [0.2, 0.25) is 0 Å². The third-order valence-electron chi connectivity index (χ3n) is 3.80. The monoisotopic (exact) mass is 420 g/mol. The van der Waals surface area contributed by atoms with Crippen molar-refractivity contribution in [3.8, 4) is 5.75 Å². The summed E-state index contributed by atoms with van der Waals surface area (Å²) < 4.78 is 5.67. The van der Waals surface area contributed by atoms with E-state index >= 15 is 0 Å². The average Bonchev–Trinajstić information content (AvgIpc) is 2.27. The van der Waals surface area contributed by atoms with Gasteiger partial charge in [0.05, 0.1) is 22.2 Å². The van der Waals surface area contributed by atoms with Crippen LogP contribution >= 0.6 is 18.9 Å². The summed E-state index contributed by atoms with van der Waals surface area (Å²) in [6.45, 7) is 16.4. The third kappa shape index (κ3) is 4.23. The van der Waals surface area contributed by atoms with Crippen LogP contribution in [0.1, 0.15) is 48.5 Å². The fraction of sp³-hybridized carbons (Fsp3) is 0.588. The van der Waals surface area contributed by atoms with E-state index in [2.05, 4.69) is 59.7 Å². The van der Waals surface area contributed by atoms with Crippen molar-refractivity contribution in [2.75, 3.05) is 6.61 Å². The summed E-state index contributed by atoms with van der Waals surface area (Å²) in [5.74, 6) is 0.932. The standard InChI is InChI=1S/C17H28ClOP.Pd/c1-8-19-14-10-9-11-15(12-14)20(13-18,16(2,3)4)17(5,6)7;/h9-13H,8H2,1-7H3;. The van der Waals surface area contributed by atoms with Crippen LogP contribution in [0.3, 0.4) is 0 Å². The first-order valence-electron chi connectivity index (χ1n) is 7.17. The van der Waals surface area contributed by atoms with E-state index in [1.165, 1.54) is 5.30 Å². The van der Waals surface area contributed by atoms with Crippen LogP contribution in [0.15, 0.2) is 24.3 Å². The second-order valence-electron chi connectivity index (χ2n) is 7.09. The number of ether oxygens (including phenoxy) is 1. The predicted octanol–water partition coefficient (Wildman–Crippen LogP) is 5.68. The van der Waals surface area contributed by atoms with Crippen LogP contribution in [-0.4, -0.2) is 16.9 Å². The van der Waals surface area contributed by atoms with Gasteiger partial charge in [-0.1, -0.05) is 18.9 Å². The number of halogens is 1. The topological polar surface area (TPSA) is 9.23 Å². The fourth-order valence-corrected chi connectivity index (χ4v) is 10.1. The van der Waals surface area contributed by atoms with Crippen molar-refractivity contribution >= 4 is 24.2 Å². The molecule has 21 heavy (non-hydrogen) atoms. The van der Waals surface area contributed by atoms with Crippen LogP contribution in [0.25, 0.3) is 0 Å². The van der Waals surface area contributed by atoms with Crippen molar-refractivity contribution < 1.29 is 25.2 Å². The van der Waals surface area contributed by atoms with Crippen LogP contribution in [-0.2, 0) is 20.4 Å². The Kier molecular flexibility index (Phi) is 7.94. The van der Waals surface area contributed by atoms with Crippen molar-refractivity contribution in [3.05, 3.63) is 29.9 Å². The van der Waals surface area contributed by atoms with E-state index in [-0.39, 0.29) is 30.7 Å². The Morgan fingerprint density at radius 1 is 1.10 bits per heavy atom. The quantitative estimate of drug-likeness (QED) is 0.345. The first-order valence-corrected chi connectivity index (χ1v) is 9.46. The molecule has 0 atom stereocenters. The summed E-state index contributed by atoms with van der Waals surface area (Å²) in [4.78, 5) is 0. The second-order valence-corrected chi connectivity index (χ2v) is 12.5. The second kappa shape index (κ2) is 7.79. The van der Waals surface area contributed by atoms with Gasteiger partial charge in [0.15, 0.2) is 0 Å². The van der Waals surface area contributed by atoms with Crippen LogP contribution in [0.5, 0.6) is 5.75 Å². The largest absolute Gasteiger partial charge is 0.494 e. The Bertz CT molecular complexity index is 435. The Morgan fingerprint density at radius 3 is 2.00 bits per heavy atom. The van der Waals surface area contributed by atoms with Gasteiger partial charge in [-0.15, -0.1) is 0 Å². The van der Waals surface area contributed by atoms with Gasteiger partial charge in [0.25, 0.3) is 0 Å². The summed E-state index contributed by atoms with van der Waals surface area (Å²) in [6.07, 6.45) is 0. The SMILES string of the molecule is CCOc1cccc([P+]([CH-]Cl)(C(C)(C)C)C(C)(C)C)c1.[Pd]. The minimum atomic E-state index is -1.69. The maximum absolute atomic E-state index is 6.44.